The quantitative estimate of drug-likeness (QED) is 0.750. The van der Waals surface area contributed by atoms with Crippen molar-refractivity contribution in [2.75, 3.05) is 0 Å². The summed E-state index contributed by atoms with van der Waals surface area (Å²) in [4.78, 5) is 0. The molecule has 3 heteroatoms. The average Bonchev–Trinajstić information content (AvgIpc) is 2.31. The van der Waals surface area contributed by atoms with Crippen molar-refractivity contribution in [2.45, 2.75) is 53.1 Å². The van der Waals surface area contributed by atoms with Crippen LogP contribution in [0.5, 0.6) is 17.2 Å². The van der Waals surface area contributed by atoms with E-state index in [2.05, 4.69) is 20.8 Å². The van der Waals surface area contributed by atoms with Gasteiger partial charge >= 0.3 is 0 Å². The van der Waals surface area contributed by atoms with Gasteiger partial charge < -0.3 is 14.9 Å². The maximum Gasteiger partial charge on any atom is 0.164 e. The zero-order chi connectivity index (χ0) is 13.8. The second kappa shape index (κ2) is 5.98. The summed E-state index contributed by atoms with van der Waals surface area (Å²) < 4.78 is 5.66. The van der Waals surface area contributed by atoms with E-state index >= 15 is 0 Å². The Hall–Kier alpha value is -1.38. The molecule has 0 saturated carbocycles. The molecule has 1 aromatic carbocycles. The lowest BCUT2D eigenvalue weighted by molar-refractivity contribution is 0.174. The summed E-state index contributed by atoms with van der Waals surface area (Å²) in [7, 11) is 0. The van der Waals surface area contributed by atoms with E-state index in [0.29, 0.717) is 11.2 Å². The van der Waals surface area contributed by atoms with E-state index in [9.17, 15) is 10.2 Å². The van der Waals surface area contributed by atoms with E-state index in [1.165, 1.54) is 18.2 Å². The maximum absolute atomic E-state index is 9.62. The van der Waals surface area contributed by atoms with E-state index < -0.39 is 0 Å². The highest BCUT2D eigenvalue weighted by atomic mass is 16.5. The number of rotatable bonds is 6. The van der Waals surface area contributed by atoms with Crippen LogP contribution in [0.25, 0.3) is 0 Å². The average molecular weight is 252 g/mol. The van der Waals surface area contributed by atoms with Crippen LogP contribution >= 0.6 is 0 Å². The minimum Gasteiger partial charge on any atom is -0.508 e. The molecule has 0 aromatic heterocycles. The number of phenolic OH excluding ortho intramolecular Hbond substituents is 2. The molecule has 1 rings (SSSR count). The van der Waals surface area contributed by atoms with Gasteiger partial charge in [-0.2, -0.15) is 0 Å². The summed E-state index contributed by atoms with van der Waals surface area (Å²) in [5, 5.41) is 19.0. The van der Waals surface area contributed by atoms with Gasteiger partial charge in [-0.3, -0.25) is 0 Å². The Balaban J connectivity index is 2.54. The molecule has 0 amide bonds. The first-order chi connectivity index (χ1) is 8.34. The molecule has 0 bridgehead atoms. The van der Waals surface area contributed by atoms with Gasteiger partial charge in [0.2, 0.25) is 0 Å². The van der Waals surface area contributed by atoms with Crippen molar-refractivity contribution in [3.05, 3.63) is 18.2 Å². The van der Waals surface area contributed by atoms with Crippen LogP contribution < -0.4 is 4.74 Å². The van der Waals surface area contributed by atoms with Crippen LogP contribution in [0.3, 0.4) is 0 Å². The fourth-order valence-corrected chi connectivity index (χ4v) is 1.64. The first kappa shape index (κ1) is 14.7. The first-order valence-corrected chi connectivity index (χ1v) is 6.52. The molecule has 102 valence electrons. The molecule has 1 unspecified atom stereocenters. The third-order valence-corrected chi connectivity index (χ3v) is 3.46. The largest absolute Gasteiger partial charge is 0.508 e. The van der Waals surface area contributed by atoms with Crippen molar-refractivity contribution < 1.29 is 14.9 Å². The number of phenols is 2. The topological polar surface area (TPSA) is 49.7 Å². The fraction of sp³-hybridized carbons (Fsp3) is 0.600. The lowest BCUT2D eigenvalue weighted by Gasteiger charge is -2.25. The molecule has 3 nitrogen and oxygen atoms in total. The van der Waals surface area contributed by atoms with E-state index in [1.54, 1.807) is 0 Å². The molecular formula is C15H24O3. The highest BCUT2D eigenvalue weighted by Crippen LogP contribution is 2.32. The van der Waals surface area contributed by atoms with Crippen LogP contribution in [0, 0.1) is 5.41 Å². The molecule has 0 aliphatic heterocycles. The van der Waals surface area contributed by atoms with Crippen LogP contribution in [0.1, 0.15) is 47.0 Å². The highest BCUT2D eigenvalue weighted by molar-refractivity contribution is 5.43. The summed E-state index contributed by atoms with van der Waals surface area (Å²) in [6.45, 7) is 8.65. The molecule has 0 heterocycles. The van der Waals surface area contributed by atoms with Gasteiger partial charge in [0, 0.05) is 6.07 Å². The summed E-state index contributed by atoms with van der Waals surface area (Å²) in [6, 6.07) is 4.32. The van der Waals surface area contributed by atoms with Crippen molar-refractivity contribution in [1.29, 1.82) is 0 Å². The van der Waals surface area contributed by atoms with Crippen LogP contribution in [0.2, 0.25) is 0 Å². The molecule has 0 aliphatic rings. The monoisotopic (exact) mass is 252 g/mol. The van der Waals surface area contributed by atoms with E-state index in [4.69, 9.17) is 4.74 Å². The molecule has 0 spiro atoms. The Kier molecular flexibility index (Phi) is 4.88. The maximum atomic E-state index is 9.62. The van der Waals surface area contributed by atoms with E-state index in [0.717, 1.165) is 19.3 Å². The molecule has 2 N–H and O–H groups in total. The van der Waals surface area contributed by atoms with Crippen LogP contribution in [0.15, 0.2) is 18.2 Å². The van der Waals surface area contributed by atoms with E-state index in [1.807, 2.05) is 6.92 Å². The zero-order valence-electron chi connectivity index (χ0n) is 11.7. The van der Waals surface area contributed by atoms with Crippen LogP contribution in [-0.4, -0.2) is 16.3 Å². The summed E-state index contributed by atoms with van der Waals surface area (Å²) in [5.74, 6) is 0.509. The standard InChI is InChI=1S/C15H24O3/c1-5-15(3,4)9-8-11(2)18-14-10-12(16)6-7-13(14)17/h6-7,10-11,16-17H,5,8-9H2,1-4H3. The normalized spacial score (nSPS) is 13.3. The number of hydrogen-bond donors (Lipinski definition) is 2. The SMILES string of the molecule is CCC(C)(C)CCC(C)Oc1cc(O)ccc1O. The first-order valence-electron chi connectivity index (χ1n) is 6.52. The van der Waals surface area contributed by atoms with Gasteiger partial charge in [-0.1, -0.05) is 27.2 Å². The minimum absolute atomic E-state index is 0.0172. The summed E-state index contributed by atoms with van der Waals surface area (Å²) in [6.07, 6.45) is 3.15. The number of ether oxygens (including phenoxy) is 1. The molecule has 1 aromatic rings. The second-order valence-electron chi connectivity index (χ2n) is 5.64. The van der Waals surface area contributed by atoms with Crippen molar-refractivity contribution in [1.82, 2.24) is 0 Å². The Labute approximate surface area is 109 Å². The molecular weight excluding hydrogens is 228 g/mol. The second-order valence-corrected chi connectivity index (χ2v) is 5.64. The molecule has 0 aliphatic carbocycles. The molecule has 18 heavy (non-hydrogen) atoms. The Bertz CT molecular complexity index is 385. The predicted molar refractivity (Wildman–Crippen MR) is 73.2 cm³/mol. The fourth-order valence-electron chi connectivity index (χ4n) is 1.64. The molecule has 0 saturated heterocycles. The van der Waals surface area contributed by atoms with Gasteiger partial charge in [0.05, 0.1) is 6.10 Å². The number of benzene rings is 1. The van der Waals surface area contributed by atoms with Gasteiger partial charge in [0.1, 0.15) is 5.75 Å². The van der Waals surface area contributed by atoms with Gasteiger partial charge in [-0.05, 0) is 37.3 Å². The lowest BCUT2D eigenvalue weighted by Crippen LogP contribution is -2.17. The summed E-state index contributed by atoms with van der Waals surface area (Å²) in [5.41, 5.74) is 0.318. The lowest BCUT2D eigenvalue weighted by atomic mass is 9.84. The van der Waals surface area contributed by atoms with Crippen molar-refractivity contribution in [3.8, 4) is 17.2 Å². The molecule has 0 radical (unpaired) electrons. The predicted octanol–water partition coefficient (Wildman–Crippen LogP) is 4.08. The highest BCUT2D eigenvalue weighted by Gasteiger charge is 2.17. The Morgan fingerprint density at radius 1 is 1.28 bits per heavy atom. The minimum atomic E-state index is 0.0172. The van der Waals surface area contributed by atoms with Gasteiger partial charge in [-0.25, -0.2) is 0 Å². The van der Waals surface area contributed by atoms with Crippen molar-refractivity contribution >= 4 is 0 Å². The van der Waals surface area contributed by atoms with E-state index in [-0.39, 0.29) is 17.6 Å². The van der Waals surface area contributed by atoms with Crippen LogP contribution in [-0.2, 0) is 0 Å². The Morgan fingerprint density at radius 2 is 1.94 bits per heavy atom. The number of aromatic hydroxyl groups is 2. The third-order valence-electron chi connectivity index (χ3n) is 3.46. The van der Waals surface area contributed by atoms with Crippen molar-refractivity contribution in [3.63, 3.8) is 0 Å². The van der Waals surface area contributed by atoms with Gasteiger partial charge in [-0.15, -0.1) is 0 Å². The van der Waals surface area contributed by atoms with Crippen LogP contribution in [0.4, 0.5) is 0 Å². The number of hydrogen-bond acceptors (Lipinski definition) is 3. The van der Waals surface area contributed by atoms with Gasteiger partial charge in [0.25, 0.3) is 0 Å². The van der Waals surface area contributed by atoms with Gasteiger partial charge in [0.15, 0.2) is 11.5 Å². The molecule has 1 atom stereocenters. The third kappa shape index (κ3) is 4.47. The van der Waals surface area contributed by atoms with Crippen molar-refractivity contribution in [2.24, 2.45) is 5.41 Å². The summed E-state index contributed by atoms with van der Waals surface area (Å²) >= 11 is 0. The molecule has 0 fully saturated rings. The Morgan fingerprint density at radius 3 is 2.56 bits per heavy atom. The smallest absolute Gasteiger partial charge is 0.164 e. The zero-order valence-corrected chi connectivity index (χ0v) is 11.7.